The molecule has 8 heteroatoms. The van der Waals surface area contributed by atoms with Gasteiger partial charge in [-0.05, 0) is 25.0 Å². The summed E-state index contributed by atoms with van der Waals surface area (Å²) in [5, 5.41) is 2.15. The Morgan fingerprint density at radius 3 is 2.45 bits per heavy atom. The van der Waals surface area contributed by atoms with Crippen molar-refractivity contribution < 1.29 is 26.7 Å². The van der Waals surface area contributed by atoms with Crippen LogP contribution in [-0.4, -0.2) is 18.6 Å². The highest BCUT2D eigenvalue weighted by Gasteiger charge is 2.26. The Labute approximate surface area is 112 Å². The molecule has 20 heavy (non-hydrogen) atoms. The molecule has 0 aliphatic heterocycles. The molecule has 0 unspecified atom stereocenters. The number of carbonyl (C=O) groups excluding carboxylic acids is 1. The lowest BCUT2D eigenvalue weighted by atomic mass is 10.1. The van der Waals surface area contributed by atoms with Gasteiger partial charge in [-0.25, -0.2) is 8.78 Å². The first-order valence-electron chi connectivity index (χ1n) is 5.81. The fourth-order valence-electron chi connectivity index (χ4n) is 1.52. The Kier molecular flexibility index (Phi) is 5.29. The minimum atomic E-state index is -4.25. The van der Waals surface area contributed by atoms with Crippen molar-refractivity contribution in [3.05, 3.63) is 29.3 Å². The van der Waals surface area contributed by atoms with Crippen LogP contribution in [0.3, 0.4) is 0 Å². The van der Waals surface area contributed by atoms with E-state index in [2.05, 4.69) is 5.32 Å². The standard InChI is InChI=1S/C12H13F5N2O/c13-7-3-4-8(18)10(14)9(7)11(20)19-6-2-1-5-12(15,16)17/h3-4H,1-2,5-6,18H2,(H,19,20). The SMILES string of the molecule is Nc1ccc(F)c(C(=O)NCCCCC(F)(F)F)c1F. The Hall–Kier alpha value is -1.86. The molecule has 3 nitrogen and oxygen atoms in total. The summed E-state index contributed by atoms with van der Waals surface area (Å²) >= 11 is 0. The molecule has 1 rings (SSSR count). The van der Waals surface area contributed by atoms with Crippen molar-refractivity contribution in [2.24, 2.45) is 0 Å². The number of benzene rings is 1. The zero-order chi connectivity index (χ0) is 15.3. The molecule has 0 atom stereocenters. The van der Waals surface area contributed by atoms with Gasteiger partial charge in [0.15, 0.2) is 5.82 Å². The minimum Gasteiger partial charge on any atom is -0.396 e. The monoisotopic (exact) mass is 296 g/mol. The van der Waals surface area contributed by atoms with Crippen LogP contribution < -0.4 is 11.1 Å². The van der Waals surface area contributed by atoms with Gasteiger partial charge in [0.05, 0.1) is 5.69 Å². The number of amides is 1. The number of unbranched alkanes of at least 4 members (excludes halogenated alkanes) is 1. The average molecular weight is 296 g/mol. The van der Waals surface area contributed by atoms with E-state index < -0.39 is 35.7 Å². The summed E-state index contributed by atoms with van der Waals surface area (Å²) in [6.45, 7) is -0.109. The predicted molar refractivity (Wildman–Crippen MR) is 63.0 cm³/mol. The molecular weight excluding hydrogens is 283 g/mol. The van der Waals surface area contributed by atoms with Crippen LogP contribution in [0.1, 0.15) is 29.6 Å². The molecule has 0 saturated carbocycles. The molecule has 3 N–H and O–H groups in total. The topological polar surface area (TPSA) is 55.1 Å². The zero-order valence-electron chi connectivity index (χ0n) is 10.4. The number of hydrogen-bond acceptors (Lipinski definition) is 2. The van der Waals surface area contributed by atoms with E-state index in [1.807, 2.05) is 0 Å². The van der Waals surface area contributed by atoms with Crippen LogP contribution in [0.2, 0.25) is 0 Å². The molecule has 112 valence electrons. The smallest absolute Gasteiger partial charge is 0.389 e. The van der Waals surface area contributed by atoms with E-state index in [4.69, 9.17) is 5.73 Å². The molecule has 0 bridgehead atoms. The first kappa shape index (κ1) is 16.2. The number of rotatable bonds is 5. The number of hydrogen-bond donors (Lipinski definition) is 2. The first-order chi connectivity index (χ1) is 9.22. The average Bonchev–Trinajstić information content (AvgIpc) is 2.32. The van der Waals surface area contributed by atoms with Crippen molar-refractivity contribution in [1.29, 1.82) is 0 Å². The van der Waals surface area contributed by atoms with E-state index in [9.17, 15) is 26.7 Å². The largest absolute Gasteiger partial charge is 0.396 e. The number of nitrogens with two attached hydrogens (primary N) is 1. The van der Waals surface area contributed by atoms with Gasteiger partial charge in [-0.1, -0.05) is 0 Å². The van der Waals surface area contributed by atoms with Gasteiger partial charge in [0, 0.05) is 13.0 Å². The van der Waals surface area contributed by atoms with Gasteiger partial charge in [-0.2, -0.15) is 13.2 Å². The minimum absolute atomic E-state index is 0.0524. The maximum absolute atomic E-state index is 13.5. The number of nitrogen functional groups attached to an aromatic ring is 1. The van der Waals surface area contributed by atoms with Gasteiger partial charge in [0.25, 0.3) is 5.91 Å². The second-order valence-corrected chi connectivity index (χ2v) is 4.15. The third kappa shape index (κ3) is 4.67. The summed E-state index contributed by atoms with van der Waals surface area (Å²) < 4.78 is 62.3. The maximum atomic E-state index is 13.5. The molecule has 1 aromatic rings. The zero-order valence-corrected chi connectivity index (χ0v) is 10.4. The fourth-order valence-corrected chi connectivity index (χ4v) is 1.52. The molecule has 0 aliphatic rings. The van der Waals surface area contributed by atoms with E-state index in [1.165, 1.54) is 0 Å². The van der Waals surface area contributed by atoms with Crippen LogP contribution in [0.4, 0.5) is 27.6 Å². The Balaban J connectivity index is 2.50. The molecule has 1 aromatic carbocycles. The number of anilines is 1. The molecule has 0 heterocycles. The van der Waals surface area contributed by atoms with Crippen molar-refractivity contribution in [2.75, 3.05) is 12.3 Å². The molecule has 0 saturated heterocycles. The van der Waals surface area contributed by atoms with Gasteiger partial charge < -0.3 is 11.1 Å². The number of alkyl halides is 3. The molecular formula is C12H13F5N2O. The Morgan fingerprint density at radius 1 is 1.20 bits per heavy atom. The van der Waals surface area contributed by atoms with Crippen molar-refractivity contribution in [2.45, 2.75) is 25.4 Å². The predicted octanol–water partition coefficient (Wildman–Crippen LogP) is 3.01. The molecule has 0 aliphatic carbocycles. The van der Waals surface area contributed by atoms with Gasteiger partial charge in [0.1, 0.15) is 11.4 Å². The first-order valence-corrected chi connectivity index (χ1v) is 5.81. The second-order valence-electron chi connectivity index (χ2n) is 4.15. The third-order valence-corrected chi connectivity index (χ3v) is 2.52. The van der Waals surface area contributed by atoms with Crippen molar-refractivity contribution in [3.8, 4) is 0 Å². The maximum Gasteiger partial charge on any atom is 0.389 e. The summed E-state index contributed by atoms with van der Waals surface area (Å²) in [7, 11) is 0. The van der Waals surface area contributed by atoms with E-state index in [1.54, 1.807) is 0 Å². The van der Waals surface area contributed by atoms with Crippen molar-refractivity contribution >= 4 is 11.6 Å². The van der Waals surface area contributed by atoms with Gasteiger partial charge in [-0.3, -0.25) is 4.79 Å². The van der Waals surface area contributed by atoms with Gasteiger partial charge in [-0.15, -0.1) is 0 Å². The van der Waals surface area contributed by atoms with Crippen molar-refractivity contribution in [3.63, 3.8) is 0 Å². The van der Waals surface area contributed by atoms with Crippen LogP contribution in [0.15, 0.2) is 12.1 Å². The lowest BCUT2D eigenvalue weighted by Crippen LogP contribution is -2.27. The Morgan fingerprint density at radius 2 is 1.85 bits per heavy atom. The summed E-state index contributed by atoms with van der Waals surface area (Å²) in [5.41, 5.74) is 3.99. The van der Waals surface area contributed by atoms with E-state index in [0.29, 0.717) is 0 Å². The summed E-state index contributed by atoms with van der Waals surface area (Å²) in [5.74, 6) is -3.30. The highest BCUT2D eigenvalue weighted by molar-refractivity contribution is 5.95. The van der Waals surface area contributed by atoms with Crippen LogP contribution in [0.5, 0.6) is 0 Å². The molecule has 0 aromatic heterocycles. The van der Waals surface area contributed by atoms with Crippen LogP contribution in [-0.2, 0) is 0 Å². The molecule has 0 fully saturated rings. The van der Waals surface area contributed by atoms with Crippen LogP contribution in [0, 0.1) is 11.6 Å². The van der Waals surface area contributed by atoms with E-state index in [-0.39, 0.29) is 25.1 Å². The number of nitrogens with one attached hydrogen (secondary N) is 1. The lowest BCUT2D eigenvalue weighted by Gasteiger charge is -2.09. The Bertz CT molecular complexity index is 487. The van der Waals surface area contributed by atoms with Gasteiger partial charge in [0.2, 0.25) is 0 Å². The summed E-state index contributed by atoms with van der Waals surface area (Å²) in [4.78, 5) is 11.5. The highest BCUT2D eigenvalue weighted by atomic mass is 19.4. The number of halogens is 5. The summed E-state index contributed by atoms with van der Waals surface area (Å²) in [6.07, 6.45) is -5.34. The van der Waals surface area contributed by atoms with Crippen LogP contribution >= 0.6 is 0 Å². The highest BCUT2D eigenvalue weighted by Crippen LogP contribution is 2.22. The third-order valence-electron chi connectivity index (χ3n) is 2.52. The lowest BCUT2D eigenvalue weighted by molar-refractivity contribution is -0.135. The molecule has 0 radical (unpaired) electrons. The number of carbonyl (C=O) groups is 1. The van der Waals surface area contributed by atoms with E-state index >= 15 is 0 Å². The van der Waals surface area contributed by atoms with Crippen LogP contribution in [0.25, 0.3) is 0 Å². The van der Waals surface area contributed by atoms with Crippen molar-refractivity contribution in [1.82, 2.24) is 5.32 Å². The second kappa shape index (κ2) is 6.53. The van der Waals surface area contributed by atoms with E-state index in [0.717, 1.165) is 12.1 Å². The fraction of sp³-hybridized carbons (Fsp3) is 0.417. The normalized spacial score (nSPS) is 11.4. The van der Waals surface area contributed by atoms with Gasteiger partial charge >= 0.3 is 6.18 Å². The molecule has 0 spiro atoms. The molecule has 1 amide bonds. The summed E-state index contributed by atoms with van der Waals surface area (Å²) in [6, 6.07) is 1.82. The quantitative estimate of drug-likeness (QED) is 0.498.